The molecule has 0 spiro atoms. The first-order valence-electron chi connectivity index (χ1n) is 7.75. The third-order valence-corrected chi connectivity index (χ3v) is 4.08. The number of benzene rings is 1. The maximum atomic E-state index is 12.5. The minimum Gasteiger partial charge on any atom is -0.467 e. The molecule has 1 fully saturated rings. The van der Waals surface area contributed by atoms with Crippen molar-refractivity contribution in [3.8, 4) is 0 Å². The fraction of sp³-hybridized carbons (Fsp3) is 0.278. The van der Waals surface area contributed by atoms with Crippen LogP contribution >= 0.6 is 0 Å². The van der Waals surface area contributed by atoms with Gasteiger partial charge in [-0.2, -0.15) is 0 Å². The summed E-state index contributed by atoms with van der Waals surface area (Å²) in [5.41, 5.74) is 0.939. The molecule has 1 aliphatic heterocycles. The molecular weight excluding hydrogens is 308 g/mol. The summed E-state index contributed by atoms with van der Waals surface area (Å²) >= 11 is 0. The number of amides is 2. The van der Waals surface area contributed by atoms with Crippen molar-refractivity contribution in [3.05, 3.63) is 54.0 Å². The number of hydrogen-bond donors (Lipinski definition) is 1. The number of rotatable bonds is 5. The van der Waals surface area contributed by atoms with Gasteiger partial charge >= 0.3 is 0 Å². The van der Waals surface area contributed by atoms with Gasteiger partial charge in [0.05, 0.1) is 24.4 Å². The lowest BCUT2D eigenvalue weighted by Crippen LogP contribution is -2.28. The van der Waals surface area contributed by atoms with Crippen molar-refractivity contribution in [2.45, 2.75) is 19.9 Å². The molecule has 24 heavy (non-hydrogen) atoms. The summed E-state index contributed by atoms with van der Waals surface area (Å²) in [5.74, 6) is -0.197. The number of carbonyl (C=O) groups excluding carboxylic acids is 3. The maximum absolute atomic E-state index is 12.5. The van der Waals surface area contributed by atoms with Gasteiger partial charge in [0.25, 0.3) is 0 Å². The number of ketones is 1. The number of hydrogen-bond acceptors (Lipinski definition) is 4. The third kappa shape index (κ3) is 3.37. The summed E-state index contributed by atoms with van der Waals surface area (Å²) in [7, 11) is 0. The first-order chi connectivity index (χ1) is 11.5. The normalized spacial score (nSPS) is 17.1. The van der Waals surface area contributed by atoms with E-state index < -0.39 is 5.92 Å². The zero-order valence-corrected chi connectivity index (χ0v) is 13.3. The minimum atomic E-state index is -0.438. The Kier molecular flexibility index (Phi) is 4.46. The predicted octanol–water partition coefficient (Wildman–Crippen LogP) is 2.47. The molecule has 3 rings (SSSR count). The first-order valence-corrected chi connectivity index (χ1v) is 7.75. The second-order valence-electron chi connectivity index (χ2n) is 5.85. The number of likely N-dealkylation sites (tertiary alicyclic amines) is 1. The van der Waals surface area contributed by atoms with Crippen molar-refractivity contribution < 1.29 is 18.8 Å². The fourth-order valence-electron chi connectivity index (χ4n) is 2.83. The van der Waals surface area contributed by atoms with Crippen LogP contribution in [0.3, 0.4) is 0 Å². The van der Waals surface area contributed by atoms with E-state index in [0.29, 0.717) is 30.1 Å². The lowest BCUT2D eigenvalue weighted by atomic mass is 10.1. The molecule has 1 aliphatic rings. The second-order valence-corrected chi connectivity index (χ2v) is 5.85. The highest BCUT2D eigenvalue weighted by atomic mass is 16.3. The van der Waals surface area contributed by atoms with Crippen LogP contribution in [0, 0.1) is 5.92 Å². The average molecular weight is 326 g/mol. The Labute approximate surface area is 139 Å². The monoisotopic (exact) mass is 326 g/mol. The van der Waals surface area contributed by atoms with Crippen molar-refractivity contribution in [2.24, 2.45) is 5.92 Å². The number of para-hydroxylation sites is 1. The van der Waals surface area contributed by atoms with E-state index in [-0.39, 0.29) is 24.0 Å². The lowest BCUT2D eigenvalue weighted by Gasteiger charge is -2.15. The number of carbonyl (C=O) groups is 3. The quantitative estimate of drug-likeness (QED) is 0.856. The molecule has 2 heterocycles. The molecule has 6 heteroatoms. The van der Waals surface area contributed by atoms with E-state index in [4.69, 9.17) is 4.42 Å². The molecule has 0 bridgehead atoms. The molecule has 0 radical (unpaired) electrons. The van der Waals surface area contributed by atoms with Gasteiger partial charge in [0.1, 0.15) is 5.76 Å². The van der Waals surface area contributed by atoms with E-state index >= 15 is 0 Å². The van der Waals surface area contributed by atoms with E-state index in [0.717, 1.165) is 0 Å². The molecule has 1 aromatic heterocycles. The van der Waals surface area contributed by atoms with Crippen molar-refractivity contribution in [1.29, 1.82) is 0 Å². The van der Waals surface area contributed by atoms with Gasteiger partial charge in [0, 0.05) is 18.5 Å². The summed E-state index contributed by atoms with van der Waals surface area (Å²) < 4.78 is 5.25. The van der Waals surface area contributed by atoms with Gasteiger partial charge in [-0.3, -0.25) is 14.4 Å². The van der Waals surface area contributed by atoms with Gasteiger partial charge in [-0.25, -0.2) is 0 Å². The van der Waals surface area contributed by atoms with Crippen LogP contribution in [0.4, 0.5) is 5.69 Å². The molecule has 0 saturated carbocycles. The van der Waals surface area contributed by atoms with Gasteiger partial charge in [0.15, 0.2) is 5.78 Å². The molecule has 2 aromatic rings. The Morgan fingerprint density at radius 3 is 2.75 bits per heavy atom. The van der Waals surface area contributed by atoms with Crippen molar-refractivity contribution in [1.82, 2.24) is 4.90 Å². The number of anilines is 1. The molecule has 1 aromatic carbocycles. The van der Waals surface area contributed by atoms with Crippen LogP contribution in [0.15, 0.2) is 47.1 Å². The number of nitrogens with one attached hydrogen (secondary N) is 1. The van der Waals surface area contributed by atoms with E-state index in [1.807, 2.05) is 0 Å². The average Bonchev–Trinajstić information content (AvgIpc) is 3.18. The van der Waals surface area contributed by atoms with Crippen molar-refractivity contribution in [3.63, 3.8) is 0 Å². The zero-order chi connectivity index (χ0) is 17.1. The van der Waals surface area contributed by atoms with Gasteiger partial charge in [0.2, 0.25) is 11.8 Å². The molecule has 6 nitrogen and oxygen atoms in total. The summed E-state index contributed by atoms with van der Waals surface area (Å²) in [6, 6.07) is 10.4. The minimum absolute atomic E-state index is 0.0774. The van der Waals surface area contributed by atoms with Crippen LogP contribution < -0.4 is 5.32 Å². The summed E-state index contributed by atoms with van der Waals surface area (Å²) in [5, 5.41) is 2.77. The number of Topliss-reactive ketones (excluding diaryl/α,β-unsaturated/α-hetero) is 1. The molecule has 124 valence electrons. The lowest BCUT2D eigenvalue weighted by molar-refractivity contribution is -0.128. The topological polar surface area (TPSA) is 79.6 Å². The summed E-state index contributed by atoms with van der Waals surface area (Å²) in [6.45, 7) is 2.16. The molecule has 2 amide bonds. The Hall–Kier alpha value is -2.89. The van der Waals surface area contributed by atoms with E-state index in [1.165, 1.54) is 6.92 Å². The molecule has 1 atom stereocenters. The van der Waals surface area contributed by atoms with Crippen molar-refractivity contribution >= 4 is 23.3 Å². The van der Waals surface area contributed by atoms with Gasteiger partial charge in [-0.05, 0) is 31.2 Å². The van der Waals surface area contributed by atoms with Crippen LogP contribution in [0.5, 0.6) is 0 Å². The second kappa shape index (κ2) is 6.70. The van der Waals surface area contributed by atoms with Crippen molar-refractivity contribution in [2.75, 3.05) is 11.9 Å². The van der Waals surface area contributed by atoms with Gasteiger partial charge in [-0.1, -0.05) is 12.1 Å². The first kappa shape index (κ1) is 16.0. The molecule has 1 saturated heterocycles. The zero-order valence-electron chi connectivity index (χ0n) is 13.3. The Bertz CT molecular complexity index is 767. The fourth-order valence-corrected chi connectivity index (χ4v) is 2.83. The summed E-state index contributed by atoms with van der Waals surface area (Å²) in [4.78, 5) is 37.8. The Morgan fingerprint density at radius 2 is 2.04 bits per heavy atom. The Morgan fingerprint density at radius 1 is 1.25 bits per heavy atom. The Balaban J connectivity index is 1.66. The molecule has 1 N–H and O–H groups in total. The van der Waals surface area contributed by atoms with Crippen LogP contribution in [0.2, 0.25) is 0 Å². The number of nitrogens with zero attached hydrogens (tertiary/aromatic N) is 1. The third-order valence-electron chi connectivity index (χ3n) is 4.08. The van der Waals surface area contributed by atoms with E-state index in [9.17, 15) is 14.4 Å². The standard InChI is InChI=1S/C18H18N2O4/c1-12(21)15-6-2-3-7-16(15)19-18(23)13-9-17(22)20(10-13)11-14-5-4-8-24-14/h2-8,13H,9-11H2,1H3,(H,19,23). The maximum Gasteiger partial charge on any atom is 0.229 e. The van der Waals surface area contributed by atoms with Gasteiger partial charge in [-0.15, -0.1) is 0 Å². The highest BCUT2D eigenvalue weighted by molar-refractivity contribution is 6.05. The van der Waals surface area contributed by atoms with E-state index in [1.54, 1.807) is 47.6 Å². The van der Waals surface area contributed by atoms with Crippen LogP contribution in [-0.4, -0.2) is 29.0 Å². The van der Waals surface area contributed by atoms with Crippen LogP contribution in [0.25, 0.3) is 0 Å². The summed E-state index contributed by atoms with van der Waals surface area (Å²) in [6.07, 6.45) is 1.72. The predicted molar refractivity (Wildman–Crippen MR) is 87.3 cm³/mol. The molecular formula is C18H18N2O4. The van der Waals surface area contributed by atoms with E-state index in [2.05, 4.69) is 5.32 Å². The number of furan rings is 1. The van der Waals surface area contributed by atoms with Crippen LogP contribution in [-0.2, 0) is 16.1 Å². The molecule has 1 unspecified atom stereocenters. The molecule has 0 aliphatic carbocycles. The smallest absolute Gasteiger partial charge is 0.229 e. The largest absolute Gasteiger partial charge is 0.467 e. The highest BCUT2D eigenvalue weighted by Crippen LogP contribution is 2.23. The SMILES string of the molecule is CC(=O)c1ccccc1NC(=O)C1CC(=O)N(Cc2ccco2)C1. The van der Waals surface area contributed by atoms with Crippen LogP contribution in [0.1, 0.15) is 29.5 Å². The van der Waals surface area contributed by atoms with Gasteiger partial charge < -0.3 is 14.6 Å². The highest BCUT2D eigenvalue weighted by Gasteiger charge is 2.34.